The van der Waals surface area contributed by atoms with Crippen molar-refractivity contribution in [1.82, 2.24) is 9.99 Å². The van der Waals surface area contributed by atoms with Crippen molar-refractivity contribution in [3.05, 3.63) is 144 Å². The number of aromatic amines is 1. The molecule has 0 aliphatic carbocycles. The Morgan fingerprint density at radius 2 is 1.73 bits per heavy atom. The van der Waals surface area contributed by atoms with Crippen molar-refractivity contribution in [1.29, 1.82) is 0 Å². The van der Waals surface area contributed by atoms with Crippen molar-refractivity contribution in [3.8, 4) is 11.1 Å². The van der Waals surface area contributed by atoms with E-state index >= 15 is 0 Å². The van der Waals surface area contributed by atoms with Crippen molar-refractivity contribution < 1.29 is 9.72 Å². The van der Waals surface area contributed by atoms with E-state index in [0.717, 1.165) is 15.4 Å². The summed E-state index contributed by atoms with van der Waals surface area (Å²) in [5.74, 6) is -0.422. The first-order valence-electron chi connectivity index (χ1n) is 12.6. The van der Waals surface area contributed by atoms with Crippen LogP contribution in [0.1, 0.15) is 33.9 Å². The molecule has 2 heterocycles. The molecule has 1 aliphatic heterocycles. The number of rotatable bonds is 5. The molecule has 1 amide bonds. The number of aromatic nitrogens is 1. The number of hydrogen-bond acceptors (Lipinski definition) is 5. The Morgan fingerprint density at radius 3 is 2.46 bits per heavy atom. The first kappa shape index (κ1) is 26.6. The molecule has 8 nitrogen and oxygen atoms in total. The van der Waals surface area contributed by atoms with Crippen molar-refractivity contribution in [2.75, 3.05) is 0 Å². The number of carbonyl (C=O) groups is 1. The third-order valence-corrected chi connectivity index (χ3v) is 7.75. The van der Waals surface area contributed by atoms with E-state index in [1.54, 1.807) is 36.4 Å². The van der Waals surface area contributed by atoms with Gasteiger partial charge in [0.2, 0.25) is 0 Å². The van der Waals surface area contributed by atoms with Crippen LogP contribution in [-0.4, -0.2) is 26.5 Å². The number of H-pyrrole nitrogens is 1. The smallest absolute Gasteiger partial charge is 0.274 e. The Morgan fingerprint density at radius 1 is 0.976 bits per heavy atom. The fourth-order valence-corrected chi connectivity index (χ4v) is 5.61. The highest BCUT2D eigenvalue weighted by Gasteiger charge is 2.36. The molecule has 1 atom stereocenters. The van der Waals surface area contributed by atoms with E-state index in [1.165, 1.54) is 17.1 Å². The van der Waals surface area contributed by atoms with Gasteiger partial charge in [0.15, 0.2) is 0 Å². The van der Waals surface area contributed by atoms with Gasteiger partial charge < -0.3 is 4.98 Å². The molecule has 0 fully saturated rings. The van der Waals surface area contributed by atoms with Crippen molar-refractivity contribution in [3.63, 3.8) is 0 Å². The summed E-state index contributed by atoms with van der Waals surface area (Å²) in [5, 5.41) is 18.9. The first-order valence-corrected chi connectivity index (χ1v) is 13.8. The Balaban J connectivity index is 1.57. The lowest BCUT2D eigenvalue weighted by Gasteiger charge is -2.22. The number of nitro groups is 1. The minimum atomic E-state index is -0.686. The molecular formula is C31H20BrClN4O4. The standard InChI is InChI=1S/C31H20BrClN4O4/c32-21-11-14-25-24(16-21)28(18-5-2-1-3-6-18)29(30(38)34-25)26-17-27(20-7-4-8-23(15-20)37(40)41)36(35-26)31(39)19-9-12-22(33)13-10-19/h1-16,27H,17H2,(H,34,38)/t27-/m1/s1. The lowest BCUT2D eigenvalue weighted by atomic mass is 9.91. The third kappa shape index (κ3) is 5.05. The van der Waals surface area contributed by atoms with Crippen molar-refractivity contribution in [2.24, 2.45) is 5.10 Å². The van der Waals surface area contributed by atoms with Crippen LogP contribution in [0.2, 0.25) is 5.02 Å². The molecule has 6 rings (SSSR count). The summed E-state index contributed by atoms with van der Waals surface area (Å²) < 4.78 is 0.836. The van der Waals surface area contributed by atoms with Gasteiger partial charge in [-0.25, -0.2) is 5.01 Å². The van der Waals surface area contributed by atoms with E-state index in [9.17, 15) is 19.7 Å². The number of fused-ring (bicyclic) bond motifs is 1. The number of pyridine rings is 1. The van der Waals surface area contributed by atoms with Gasteiger partial charge in [-0.15, -0.1) is 0 Å². The Hall–Kier alpha value is -4.60. The van der Waals surface area contributed by atoms with E-state index in [-0.39, 0.29) is 17.7 Å². The number of hydrazone groups is 1. The topological polar surface area (TPSA) is 109 Å². The Labute approximate surface area is 247 Å². The van der Waals surface area contributed by atoms with Crippen LogP contribution < -0.4 is 5.56 Å². The van der Waals surface area contributed by atoms with Crippen LogP contribution >= 0.6 is 27.5 Å². The minimum absolute atomic E-state index is 0.104. The fourth-order valence-electron chi connectivity index (χ4n) is 5.12. The number of halogens is 2. The first-order chi connectivity index (χ1) is 19.8. The second kappa shape index (κ2) is 10.8. The maximum absolute atomic E-state index is 13.8. The van der Waals surface area contributed by atoms with Crippen LogP contribution in [0.5, 0.6) is 0 Å². The predicted octanol–water partition coefficient (Wildman–Crippen LogP) is 7.51. The highest BCUT2D eigenvalue weighted by atomic mass is 79.9. The summed E-state index contributed by atoms with van der Waals surface area (Å²) in [6.45, 7) is 0. The van der Waals surface area contributed by atoms with E-state index < -0.39 is 16.9 Å². The predicted molar refractivity (Wildman–Crippen MR) is 162 cm³/mol. The number of carbonyl (C=O) groups excluding carboxylic acids is 1. The molecule has 0 radical (unpaired) electrons. The number of amides is 1. The van der Waals surface area contributed by atoms with E-state index in [2.05, 4.69) is 20.9 Å². The lowest BCUT2D eigenvalue weighted by Crippen LogP contribution is -2.27. The quantitative estimate of drug-likeness (QED) is 0.161. The molecule has 1 aromatic heterocycles. The van der Waals surface area contributed by atoms with E-state index in [0.29, 0.717) is 38.5 Å². The van der Waals surface area contributed by atoms with Crippen LogP contribution in [0, 0.1) is 10.1 Å². The summed E-state index contributed by atoms with van der Waals surface area (Å²) in [4.78, 5) is 41.5. The summed E-state index contributed by atoms with van der Waals surface area (Å²) in [5.41, 5.74) is 3.30. The van der Waals surface area contributed by atoms with Gasteiger partial charge in [0, 0.05) is 50.1 Å². The molecule has 4 aromatic carbocycles. The molecule has 41 heavy (non-hydrogen) atoms. The largest absolute Gasteiger partial charge is 0.321 e. The van der Waals surface area contributed by atoms with Gasteiger partial charge in [0.25, 0.3) is 17.2 Å². The van der Waals surface area contributed by atoms with E-state index in [4.69, 9.17) is 16.7 Å². The van der Waals surface area contributed by atoms with Gasteiger partial charge in [-0.2, -0.15) is 5.10 Å². The number of benzene rings is 4. The summed E-state index contributed by atoms with van der Waals surface area (Å²) in [6.07, 6.45) is 0.170. The second-order valence-corrected chi connectivity index (χ2v) is 10.9. The van der Waals surface area contributed by atoms with Gasteiger partial charge >= 0.3 is 0 Å². The second-order valence-electron chi connectivity index (χ2n) is 9.54. The average Bonchev–Trinajstić information content (AvgIpc) is 3.42. The Kier molecular flexibility index (Phi) is 6.98. The number of nitrogens with one attached hydrogen (secondary N) is 1. The lowest BCUT2D eigenvalue weighted by molar-refractivity contribution is -0.384. The molecule has 5 aromatic rings. The molecule has 0 saturated heterocycles. The zero-order valence-electron chi connectivity index (χ0n) is 21.3. The van der Waals surface area contributed by atoms with Gasteiger partial charge in [-0.1, -0.05) is 70.0 Å². The van der Waals surface area contributed by atoms with Crippen LogP contribution in [0.15, 0.2) is 111 Å². The maximum atomic E-state index is 13.8. The van der Waals surface area contributed by atoms with Crippen LogP contribution in [0.4, 0.5) is 5.69 Å². The summed E-state index contributed by atoms with van der Waals surface area (Å²) in [7, 11) is 0. The van der Waals surface area contributed by atoms with Gasteiger partial charge in [-0.05, 0) is 53.6 Å². The molecule has 0 saturated carbocycles. The van der Waals surface area contributed by atoms with Crippen molar-refractivity contribution in [2.45, 2.75) is 12.5 Å². The molecule has 0 unspecified atom stereocenters. The molecule has 0 spiro atoms. The van der Waals surface area contributed by atoms with Crippen LogP contribution in [-0.2, 0) is 0 Å². The van der Waals surface area contributed by atoms with Gasteiger partial charge in [-0.3, -0.25) is 19.7 Å². The summed E-state index contributed by atoms with van der Waals surface area (Å²) in [6, 6.07) is 27.0. The highest BCUT2D eigenvalue weighted by Crippen LogP contribution is 2.38. The molecule has 0 bridgehead atoms. The number of nitro benzene ring substituents is 1. The van der Waals surface area contributed by atoms with Gasteiger partial charge in [0.05, 0.1) is 22.2 Å². The van der Waals surface area contributed by atoms with Crippen LogP contribution in [0.25, 0.3) is 22.0 Å². The molecular weight excluding hydrogens is 608 g/mol. The average molecular weight is 628 g/mol. The molecule has 1 N–H and O–H groups in total. The fraction of sp³-hybridized carbons (Fsp3) is 0.0645. The maximum Gasteiger partial charge on any atom is 0.274 e. The Bertz CT molecular complexity index is 1920. The number of nitrogens with zero attached hydrogens (tertiary/aromatic N) is 3. The number of non-ortho nitro benzene ring substituents is 1. The third-order valence-electron chi connectivity index (χ3n) is 7.00. The zero-order valence-corrected chi connectivity index (χ0v) is 23.6. The molecule has 202 valence electrons. The minimum Gasteiger partial charge on any atom is -0.321 e. The van der Waals surface area contributed by atoms with Gasteiger partial charge in [0.1, 0.15) is 0 Å². The SMILES string of the molecule is O=C(c1ccc(Cl)cc1)N1N=C(c2c(-c3ccccc3)c3cc(Br)ccc3[nH]c2=O)C[C@@H]1c1cccc([N+](=O)[O-])c1. The zero-order chi connectivity index (χ0) is 28.7. The highest BCUT2D eigenvalue weighted by molar-refractivity contribution is 9.10. The van der Waals surface area contributed by atoms with E-state index in [1.807, 2.05) is 48.5 Å². The van der Waals surface area contributed by atoms with Crippen molar-refractivity contribution >= 4 is 55.7 Å². The molecule has 10 heteroatoms. The normalized spacial score (nSPS) is 14.7. The molecule has 1 aliphatic rings. The monoisotopic (exact) mass is 626 g/mol. The summed E-state index contributed by atoms with van der Waals surface area (Å²) >= 11 is 9.59. The number of hydrogen-bond donors (Lipinski definition) is 1. The van der Waals surface area contributed by atoms with Crippen LogP contribution in [0.3, 0.4) is 0 Å².